The van der Waals surface area contributed by atoms with Crippen LogP contribution in [0.5, 0.6) is 5.75 Å². The fourth-order valence-electron chi connectivity index (χ4n) is 3.70. The van der Waals surface area contributed by atoms with Crippen LogP contribution in [0.4, 0.5) is 4.79 Å². The highest BCUT2D eigenvalue weighted by Gasteiger charge is 2.30. The molecule has 1 unspecified atom stereocenters. The molecule has 0 aromatic heterocycles. The van der Waals surface area contributed by atoms with Gasteiger partial charge in [-0.2, -0.15) is 0 Å². The predicted molar refractivity (Wildman–Crippen MR) is 122 cm³/mol. The molecule has 2 aliphatic rings. The summed E-state index contributed by atoms with van der Waals surface area (Å²) in [5.74, 6) is 0.0391. The first-order chi connectivity index (χ1) is 15.2. The number of piperidine rings is 1. The van der Waals surface area contributed by atoms with Gasteiger partial charge in [0.05, 0.1) is 6.04 Å². The fourth-order valence-corrected chi connectivity index (χ4v) is 3.70. The Morgan fingerprint density at radius 1 is 1.19 bits per heavy atom. The van der Waals surface area contributed by atoms with Crippen molar-refractivity contribution in [2.45, 2.75) is 58.1 Å². The van der Waals surface area contributed by atoms with Gasteiger partial charge in [-0.1, -0.05) is 18.2 Å². The molecule has 0 N–H and O–H groups in total. The van der Waals surface area contributed by atoms with E-state index in [9.17, 15) is 14.4 Å². The lowest BCUT2D eigenvalue weighted by atomic mass is 10.0. The number of nitrogens with zero attached hydrogens (tertiary/aromatic N) is 2. The summed E-state index contributed by atoms with van der Waals surface area (Å²) in [4.78, 5) is 39.7. The molecule has 0 aliphatic carbocycles. The molecule has 0 spiro atoms. The molecule has 3 rings (SSSR count). The second kappa shape index (κ2) is 10.5. The fraction of sp³-hybridized carbons (Fsp3) is 0.480. The lowest BCUT2D eigenvalue weighted by Crippen LogP contribution is -2.48. The van der Waals surface area contributed by atoms with Gasteiger partial charge in [-0.25, -0.2) is 4.79 Å². The monoisotopic (exact) mass is 440 g/mol. The number of carbonyl (C=O) groups is 3. The number of imide groups is 1. The van der Waals surface area contributed by atoms with Gasteiger partial charge in [-0.15, -0.1) is 0 Å². The van der Waals surface area contributed by atoms with Crippen molar-refractivity contribution in [2.75, 3.05) is 19.7 Å². The van der Waals surface area contributed by atoms with Crippen LogP contribution in [0.15, 0.2) is 42.5 Å². The van der Waals surface area contributed by atoms with Crippen molar-refractivity contribution >= 4 is 24.0 Å². The molecule has 0 radical (unpaired) electrons. The van der Waals surface area contributed by atoms with Crippen molar-refractivity contribution in [1.29, 1.82) is 0 Å². The first kappa shape index (κ1) is 23.6. The van der Waals surface area contributed by atoms with Crippen molar-refractivity contribution in [3.63, 3.8) is 0 Å². The van der Waals surface area contributed by atoms with E-state index < -0.39 is 5.60 Å². The summed E-state index contributed by atoms with van der Waals surface area (Å²) in [7, 11) is 0. The molecule has 1 fully saturated rings. The lowest BCUT2D eigenvalue weighted by molar-refractivity contribution is -0.139. The third-order valence-corrected chi connectivity index (χ3v) is 5.29. The molecule has 0 bridgehead atoms. The largest absolute Gasteiger partial charge is 0.491 e. The number of hydrogen-bond acceptors (Lipinski definition) is 5. The van der Waals surface area contributed by atoms with Crippen LogP contribution < -0.4 is 4.74 Å². The van der Waals surface area contributed by atoms with Gasteiger partial charge in [0.15, 0.2) is 0 Å². The van der Waals surface area contributed by atoms with E-state index in [2.05, 4.69) is 0 Å². The molecule has 1 aromatic rings. The van der Waals surface area contributed by atoms with E-state index in [0.717, 1.165) is 24.8 Å². The molecule has 7 heteroatoms. The first-order valence-electron chi connectivity index (χ1n) is 11.2. The van der Waals surface area contributed by atoms with Crippen LogP contribution in [0, 0.1) is 0 Å². The van der Waals surface area contributed by atoms with E-state index in [1.807, 2.05) is 45.0 Å². The maximum atomic E-state index is 12.6. The van der Waals surface area contributed by atoms with Crippen molar-refractivity contribution < 1.29 is 23.9 Å². The molecule has 1 atom stereocenters. The zero-order chi connectivity index (χ0) is 23.1. The average molecular weight is 441 g/mol. The number of amides is 3. The number of ether oxygens (including phenoxy) is 2. The summed E-state index contributed by atoms with van der Waals surface area (Å²) in [5, 5.41) is 0. The summed E-state index contributed by atoms with van der Waals surface area (Å²) >= 11 is 0. The molecular weight excluding hydrogens is 408 g/mol. The molecule has 7 nitrogen and oxygen atoms in total. The minimum Gasteiger partial charge on any atom is -0.491 e. The zero-order valence-electron chi connectivity index (χ0n) is 19.1. The van der Waals surface area contributed by atoms with Gasteiger partial charge in [0, 0.05) is 19.2 Å². The average Bonchev–Trinajstić information content (AvgIpc) is 2.76. The van der Waals surface area contributed by atoms with Crippen molar-refractivity contribution in [3.8, 4) is 5.75 Å². The maximum absolute atomic E-state index is 12.6. The Bertz CT molecular complexity index is 900. The number of benzene rings is 1. The summed E-state index contributed by atoms with van der Waals surface area (Å²) in [6, 6.07) is 7.35. The quantitative estimate of drug-likeness (QED) is 0.642. The first-order valence-corrected chi connectivity index (χ1v) is 11.2. The Balaban J connectivity index is 1.59. The minimum atomic E-state index is -0.535. The summed E-state index contributed by atoms with van der Waals surface area (Å²) in [6.07, 6.45) is 9.52. The van der Waals surface area contributed by atoms with Gasteiger partial charge >= 0.3 is 6.09 Å². The highest BCUT2D eigenvalue weighted by molar-refractivity contribution is 6.06. The minimum absolute atomic E-state index is 0.0439. The Hall–Kier alpha value is -3.09. The van der Waals surface area contributed by atoms with Crippen LogP contribution in [0.25, 0.3) is 6.08 Å². The molecule has 2 aliphatic heterocycles. The van der Waals surface area contributed by atoms with Crippen molar-refractivity contribution in [3.05, 3.63) is 48.1 Å². The van der Waals surface area contributed by atoms with Crippen LogP contribution in [0.2, 0.25) is 0 Å². The predicted octanol–water partition coefficient (Wildman–Crippen LogP) is 4.18. The smallest absolute Gasteiger partial charge is 0.410 e. The Morgan fingerprint density at radius 2 is 2.00 bits per heavy atom. The normalized spacial score (nSPS) is 19.3. The van der Waals surface area contributed by atoms with Gasteiger partial charge < -0.3 is 14.4 Å². The van der Waals surface area contributed by atoms with E-state index in [1.165, 1.54) is 17.1 Å². The van der Waals surface area contributed by atoms with Crippen LogP contribution in [0.3, 0.4) is 0 Å². The third-order valence-electron chi connectivity index (χ3n) is 5.29. The molecule has 1 aromatic carbocycles. The summed E-state index contributed by atoms with van der Waals surface area (Å²) in [5.41, 5.74) is 0.260. The highest BCUT2D eigenvalue weighted by Crippen LogP contribution is 2.22. The molecule has 2 heterocycles. The van der Waals surface area contributed by atoms with Crippen LogP contribution in [-0.4, -0.2) is 59.0 Å². The summed E-state index contributed by atoms with van der Waals surface area (Å²) in [6.45, 7) is 7.03. The van der Waals surface area contributed by atoms with Gasteiger partial charge in [-0.05, 0) is 76.3 Å². The Kier molecular flexibility index (Phi) is 7.72. The number of carbonyl (C=O) groups excluding carboxylic acids is 3. The van der Waals surface area contributed by atoms with Crippen molar-refractivity contribution in [1.82, 2.24) is 9.80 Å². The van der Waals surface area contributed by atoms with E-state index in [4.69, 9.17) is 9.47 Å². The molecule has 32 heavy (non-hydrogen) atoms. The van der Waals surface area contributed by atoms with E-state index >= 15 is 0 Å². The molecule has 1 saturated heterocycles. The second-order valence-corrected chi connectivity index (χ2v) is 9.06. The third kappa shape index (κ3) is 6.70. The van der Waals surface area contributed by atoms with Gasteiger partial charge in [0.1, 0.15) is 18.0 Å². The molecule has 3 amide bonds. The van der Waals surface area contributed by atoms with E-state index in [0.29, 0.717) is 31.9 Å². The topological polar surface area (TPSA) is 76.2 Å². The van der Waals surface area contributed by atoms with E-state index in [1.54, 1.807) is 17.1 Å². The van der Waals surface area contributed by atoms with Gasteiger partial charge in [0.2, 0.25) is 0 Å². The van der Waals surface area contributed by atoms with Gasteiger partial charge in [0.25, 0.3) is 11.8 Å². The van der Waals surface area contributed by atoms with Crippen molar-refractivity contribution in [2.24, 2.45) is 0 Å². The summed E-state index contributed by atoms with van der Waals surface area (Å²) < 4.78 is 11.5. The van der Waals surface area contributed by atoms with Gasteiger partial charge in [-0.3, -0.25) is 14.5 Å². The molecule has 0 saturated carbocycles. The number of hydrogen-bond donors (Lipinski definition) is 0. The Morgan fingerprint density at radius 3 is 2.75 bits per heavy atom. The molecule has 172 valence electrons. The van der Waals surface area contributed by atoms with Crippen LogP contribution in [0.1, 0.15) is 52.0 Å². The molecular formula is C25H32N2O5. The number of likely N-dealkylation sites (tertiary alicyclic amines) is 1. The van der Waals surface area contributed by atoms with Crippen LogP contribution in [-0.2, 0) is 14.3 Å². The maximum Gasteiger partial charge on any atom is 0.410 e. The number of rotatable bonds is 5. The van der Waals surface area contributed by atoms with E-state index in [-0.39, 0.29) is 23.9 Å². The highest BCUT2D eigenvalue weighted by atomic mass is 16.6. The van der Waals surface area contributed by atoms with Crippen LogP contribution >= 0.6 is 0 Å². The Labute approximate surface area is 189 Å². The standard InChI is InChI=1S/C25H32N2O5/c1-25(2,3)32-24(30)26-15-6-4-10-20(26)18-31-21-11-8-9-19(17-21)13-14-23(29)27-16-7-5-12-22(27)28/h5,8-9,11-14,17,20H,4,6-7,10,15-16,18H2,1-3H3. The SMILES string of the molecule is CC(C)(C)OC(=O)N1CCCCC1COc1cccc(C=CC(=O)N2CCC=CC2=O)c1. The second-order valence-electron chi connectivity index (χ2n) is 9.06. The zero-order valence-corrected chi connectivity index (χ0v) is 19.1. The lowest BCUT2D eigenvalue weighted by Gasteiger charge is -2.36.